The van der Waals surface area contributed by atoms with E-state index in [1.165, 1.54) is 27.7 Å². The summed E-state index contributed by atoms with van der Waals surface area (Å²) in [6.45, 7) is 5.05. The van der Waals surface area contributed by atoms with Crippen molar-refractivity contribution in [3.05, 3.63) is 63.8 Å². The van der Waals surface area contributed by atoms with Gasteiger partial charge in [0.2, 0.25) is 0 Å². The highest BCUT2D eigenvalue weighted by Gasteiger charge is 2.08. The lowest BCUT2D eigenvalue weighted by molar-refractivity contribution is 0.871. The zero-order chi connectivity index (χ0) is 17.1. The Kier molecular flexibility index (Phi) is 5.21. The molecule has 0 bridgehead atoms. The van der Waals surface area contributed by atoms with E-state index in [1.807, 2.05) is 24.3 Å². The zero-order valence-electron chi connectivity index (χ0n) is 13.7. The van der Waals surface area contributed by atoms with Crippen molar-refractivity contribution in [2.75, 3.05) is 11.9 Å². The van der Waals surface area contributed by atoms with Gasteiger partial charge in [-0.15, -0.1) is 0 Å². The number of halogens is 1. The third-order valence-corrected chi connectivity index (χ3v) is 4.76. The van der Waals surface area contributed by atoms with Crippen molar-refractivity contribution in [2.45, 2.75) is 20.3 Å². The fourth-order valence-electron chi connectivity index (χ4n) is 2.86. The second-order valence-electron chi connectivity index (χ2n) is 5.92. The maximum absolute atomic E-state index is 5.38. The fourth-order valence-corrected chi connectivity index (χ4v) is 3.48. The molecule has 3 nitrogen and oxygen atoms in total. The number of aromatic amines is 1. The molecule has 1 heterocycles. The highest BCUT2D eigenvalue weighted by molar-refractivity contribution is 9.10. The number of fused-ring (bicyclic) bond motifs is 1. The molecule has 124 valence electrons. The van der Waals surface area contributed by atoms with Crippen LogP contribution < -0.4 is 10.6 Å². The second kappa shape index (κ2) is 7.36. The molecule has 3 N–H and O–H groups in total. The smallest absolute Gasteiger partial charge is 0.170 e. The summed E-state index contributed by atoms with van der Waals surface area (Å²) >= 11 is 8.84. The van der Waals surface area contributed by atoms with E-state index in [4.69, 9.17) is 12.2 Å². The number of thiocarbonyl (C=S) groups is 1. The lowest BCUT2D eigenvalue weighted by atomic mass is 10.1. The third kappa shape index (κ3) is 3.97. The first-order valence-electron chi connectivity index (χ1n) is 7.91. The van der Waals surface area contributed by atoms with E-state index in [0.717, 1.165) is 23.1 Å². The van der Waals surface area contributed by atoms with Crippen LogP contribution >= 0.6 is 28.1 Å². The minimum absolute atomic E-state index is 0.641. The predicted octanol–water partition coefficient (Wildman–Crippen LogP) is 5.08. The van der Waals surface area contributed by atoms with Gasteiger partial charge in [-0.05, 0) is 68.4 Å². The lowest BCUT2D eigenvalue weighted by Gasteiger charge is -2.11. The van der Waals surface area contributed by atoms with Crippen LogP contribution in [0.2, 0.25) is 0 Å². The van der Waals surface area contributed by atoms with Crippen LogP contribution in [-0.2, 0) is 6.42 Å². The van der Waals surface area contributed by atoms with E-state index in [9.17, 15) is 0 Å². The molecule has 1 aromatic heterocycles. The molecule has 0 radical (unpaired) electrons. The van der Waals surface area contributed by atoms with Crippen LogP contribution in [0.3, 0.4) is 0 Å². The Morgan fingerprint density at radius 2 is 2.00 bits per heavy atom. The van der Waals surface area contributed by atoms with E-state index in [0.29, 0.717) is 5.11 Å². The number of anilines is 1. The van der Waals surface area contributed by atoms with E-state index < -0.39 is 0 Å². The van der Waals surface area contributed by atoms with Crippen molar-refractivity contribution in [3.63, 3.8) is 0 Å². The van der Waals surface area contributed by atoms with Gasteiger partial charge in [-0.3, -0.25) is 0 Å². The Balaban J connectivity index is 1.61. The first-order valence-corrected chi connectivity index (χ1v) is 9.11. The molecule has 0 fully saturated rings. The quantitative estimate of drug-likeness (QED) is 0.534. The summed E-state index contributed by atoms with van der Waals surface area (Å²) in [5.41, 5.74) is 6.03. The number of rotatable bonds is 4. The van der Waals surface area contributed by atoms with E-state index >= 15 is 0 Å². The maximum atomic E-state index is 5.38. The van der Waals surface area contributed by atoms with E-state index in [-0.39, 0.29) is 0 Å². The Labute approximate surface area is 156 Å². The first kappa shape index (κ1) is 17.0. The Bertz CT molecular complexity index is 885. The minimum atomic E-state index is 0.641. The fraction of sp³-hybridized carbons (Fsp3) is 0.211. The molecule has 0 aliphatic rings. The average molecular weight is 402 g/mol. The van der Waals surface area contributed by atoms with Gasteiger partial charge in [0, 0.05) is 33.3 Å². The lowest BCUT2D eigenvalue weighted by Crippen LogP contribution is -2.30. The van der Waals surface area contributed by atoms with Crippen molar-refractivity contribution < 1.29 is 0 Å². The molecule has 24 heavy (non-hydrogen) atoms. The Morgan fingerprint density at radius 1 is 1.17 bits per heavy atom. The van der Waals surface area contributed by atoms with Crippen molar-refractivity contribution in [2.24, 2.45) is 0 Å². The summed E-state index contributed by atoms with van der Waals surface area (Å²) < 4.78 is 1.03. The summed E-state index contributed by atoms with van der Waals surface area (Å²) in [6.07, 6.45) is 0.926. The van der Waals surface area contributed by atoms with Crippen LogP contribution in [0.15, 0.2) is 46.9 Å². The maximum Gasteiger partial charge on any atom is 0.170 e. The molecule has 0 saturated carbocycles. The van der Waals surface area contributed by atoms with E-state index in [1.54, 1.807) is 0 Å². The van der Waals surface area contributed by atoms with Gasteiger partial charge in [0.25, 0.3) is 0 Å². The summed E-state index contributed by atoms with van der Waals surface area (Å²) in [5.74, 6) is 0. The standard InChI is InChI=1S/C19H20BrN3S/c1-12-6-7-18-17(10-12)16(13(2)22-18)8-9-21-19(24)23-15-5-3-4-14(20)11-15/h3-7,10-11,22H,8-9H2,1-2H3,(H2,21,23,24). The molecule has 0 aliphatic heterocycles. The minimum Gasteiger partial charge on any atom is -0.362 e. The molecular formula is C19H20BrN3S. The topological polar surface area (TPSA) is 39.9 Å². The number of benzene rings is 2. The van der Waals surface area contributed by atoms with Gasteiger partial charge >= 0.3 is 0 Å². The Hall–Kier alpha value is -1.85. The molecule has 2 aromatic carbocycles. The molecule has 3 aromatic rings. The number of aromatic nitrogens is 1. The highest BCUT2D eigenvalue weighted by atomic mass is 79.9. The molecule has 0 spiro atoms. The molecule has 0 aliphatic carbocycles. The predicted molar refractivity (Wildman–Crippen MR) is 110 cm³/mol. The van der Waals surface area contributed by atoms with Crippen LogP contribution in [0.1, 0.15) is 16.8 Å². The molecule has 0 saturated heterocycles. The molecule has 0 atom stereocenters. The Morgan fingerprint density at radius 3 is 2.79 bits per heavy atom. The number of nitrogens with one attached hydrogen (secondary N) is 3. The van der Waals surface area contributed by atoms with Crippen LogP contribution in [0.5, 0.6) is 0 Å². The normalized spacial score (nSPS) is 10.8. The molecule has 0 amide bonds. The van der Waals surface area contributed by atoms with Gasteiger partial charge in [0.15, 0.2) is 5.11 Å². The second-order valence-corrected chi connectivity index (χ2v) is 7.24. The zero-order valence-corrected chi connectivity index (χ0v) is 16.1. The SMILES string of the molecule is Cc1ccc2[nH]c(C)c(CCNC(=S)Nc3cccc(Br)c3)c2c1. The number of hydrogen-bond donors (Lipinski definition) is 3. The summed E-state index contributed by atoms with van der Waals surface area (Å²) in [5, 5.41) is 8.44. The van der Waals surface area contributed by atoms with Gasteiger partial charge < -0.3 is 15.6 Å². The van der Waals surface area contributed by atoms with Crippen molar-refractivity contribution in [1.29, 1.82) is 0 Å². The molecular weight excluding hydrogens is 382 g/mol. The van der Waals surface area contributed by atoms with Gasteiger partial charge in [-0.25, -0.2) is 0 Å². The molecule has 0 unspecified atom stereocenters. The summed E-state index contributed by atoms with van der Waals surface area (Å²) in [7, 11) is 0. The largest absolute Gasteiger partial charge is 0.362 e. The van der Waals surface area contributed by atoms with Crippen molar-refractivity contribution in [3.8, 4) is 0 Å². The van der Waals surface area contributed by atoms with Crippen molar-refractivity contribution >= 4 is 49.9 Å². The van der Waals surface area contributed by atoms with Gasteiger partial charge in [-0.1, -0.05) is 33.6 Å². The first-order chi connectivity index (χ1) is 11.5. The average Bonchev–Trinajstić information content (AvgIpc) is 2.83. The van der Waals surface area contributed by atoms with Gasteiger partial charge in [0.05, 0.1) is 0 Å². The number of hydrogen-bond acceptors (Lipinski definition) is 1. The third-order valence-electron chi connectivity index (χ3n) is 4.02. The number of H-pyrrole nitrogens is 1. The summed E-state index contributed by atoms with van der Waals surface area (Å²) in [6, 6.07) is 14.5. The monoisotopic (exact) mass is 401 g/mol. The number of aryl methyl sites for hydroxylation is 2. The van der Waals surface area contributed by atoms with Crippen LogP contribution in [-0.4, -0.2) is 16.6 Å². The van der Waals surface area contributed by atoms with Gasteiger partial charge in [-0.2, -0.15) is 0 Å². The molecule has 5 heteroatoms. The van der Waals surface area contributed by atoms with Crippen LogP contribution in [0.25, 0.3) is 10.9 Å². The van der Waals surface area contributed by atoms with Crippen molar-refractivity contribution in [1.82, 2.24) is 10.3 Å². The highest BCUT2D eigenvalue weighted by Crippen LogP contribution is 2.23. The molecule has 3 rings (SSSR count). The van der Waals surface area contributed by atoms with Crippen LogP contribution in [0.4, 0.5) is 5.69 Å². The van der Waals surface area contributed by atoms with E-state index in [2.05, 4.69) is 63.6 Å². The summed E-state index contributed by atoms with van der Waals surface area (Å²) in [4.78, 5) is 3.46. The van der Waals surface area contributed by atoms with Gasteiger partial charge in [0.1, 0.15) is 0 Å². The van der Waals surface area contributed by atoms with Crippen LogP contribution in [0, 0.1) is 13.8 Å².